The van der Waals surface area contributed by atoms with Crippen molar-refractivity contribution in [3.63, 3.8) is 0 Å². The van der Waals surface area contributed by atoms with Gasteiger partial charge in [0.05, 0.1) is 0 Å². The summed E-state index contributed by atoms with van der Waals surface area (Å²) in [6.45, 7) is 18.5. The van der Waals surface area contributed by atoms with Gasteiger partial charge < -0.3 is 0 Å². The molecular weight excluding hydrogens is 168 g/mol. The van der Waals surface area contributed by atoms with Gasteiger partial charge in [-0.3, -0.25) is 0 Å². The smallest absolute Gasteiger partial charge is 0.0222 e. The molecule has 0 aliphatic rings. The fourth-order valence-electron chi connectivity index (χ4n) is 1.23. The Morgan fingerprint density at radius 1 is 1.14 bits per heavy atom. The first-order chi connectivity index (χ1) is 6.40. The van der Waals surface area contributed by atoms with E-state index in [-0.39, 0.29) is 0 Å². The molecule has 0 amide bonds. The van der Waals surface area contributed by atoms with Gasteiger partial charge in [0.25, 0.3) is 0 Å². The molecule has 0 spiro atoms. The van der Waals surface area contributed by atoms with Gasteiger partial charge in [0.1, 0.15) is 0 Å². The van der Waals surface area contributed by atoms with Gasteiger partial charge in [-0.25, -0.2) is 0 Å². The molecule has 0 saturated heterocycles. The number of hydrogen-bond acceptors (Lipinski definition) is 0. The lowest BCUT2D eigenvalue weighted by Gasteiger charge is -2.11. The van der Waals surface area contributed by atoms with Crippen molar-refractivity contribution in [3.8, 4) is 0 Å². The van der Waals surface area contributed by atoms with E-state index in [9.17, 15) is 0 Å². The highest BCUT2D eigenvalue weighted by Gasteiger charge is 2.03. The molecule has 0 aromatic rings. The summed E-state index contributed by atoms with van der Waals surface area (Å²) in [6, 6.07) is 0. The zero-order chi connectivity index (χ0) is 11.3. The van der Waals surface area contributed by atoms with Crippen LogP contribution >= 0.6 is 0 Å². The second-order valence-electron chi connectivity index (χ2n) is 4.03. The molecule has 0 unspecified atom stereocenters. The summed E-state index contributed by atoms with van der Waals surface area (Å²) < 4.78 is 0. The van der Waals surface area contributed by atoms with E-state index in [0.717, 1.165) is 5.57 Å². The Bertz CT molecular complexity index is 285. The molecule has 0 aliphatic carbocycles. The zero-order valence-corrected chi connectivity index (χ0v) is 10.1. The quantitative estimate of drug-likeness (QED) is 0.565. The van der Waals surface area contributed by atoms with Crippen molar-refractivity contribution in [2.24, 2.45) is 5.92 Å². The van der Waals surface area contributed by atoms with Gasteiger partial charge in [-0.2, -0.15) is 0 Å². The van der Waals surface area contributed by atoms with Crippen LogP contribution in [0.2, 0.25) is 0 Å². The molecule has 0 saturated carbocycles. The number of rotatable bonds is 4. The number of allylic oxidation sites excluding steroid dienone is 6. The molecule has 0 nitrogen and oxygen atoms in total. The van der Waals surface area contributed by atoms with E-state index in [4.69, 9.17) is 0 Å². The second-order valence-corrected chi connectivity index (χ2v) is 4.03. The topological polar surface area (TPSA) is 0 Å². The van der Waals surface area contributed by atoms with Gasteiger partial charge in [0.15, 0.2) is 0 Å². The normalized spacial score (nSPS) is 13.3. The van der Waals surface area contributed by atoms with Crippen molar-refractivity contribution < 1.29 is 0 Å². The van der Waals surface area contributed by atoms with E-state index in [0.29, 0.717) is 5.92 Å². The van der Waals surface area contributed by atoms with Crippen LogP contribution in [0, 0.1) is 5.92 Å². The Morgan fingerprint density at radius 2 is 1.64 bits per heavy atom. The summed E-state index contributed by atoms with van der Waals surface area (Å²) in [6.07, 6.45) is 4.24. The zero-order valence-electron chi connectivity index (χ0n) is 10.1. The lowest BCUT2D eigenvalue weighted by molar-refractivity contribution is 0.781. The highest BCUT2D eigenvalue weighted by Crippen LogP contribution is 2.20. The van der Waals surface area contributed by atoms with Gasteiger partial charge in [-0.15, -0.1) is 0 Å². The van der Waals surface area contributed by atoms with E-state index in [2.05, 4.69) is 46.1 Å². The SMILES string of the molecule is C=C(C)C(=C\C)/C=C(\C)C(=C)C(C)C. The minimum absolute atomic E-state index is 0.509. The second kappa shape index (κ2) is 5.64. The average molecular weight is 190 g/mol. The Labute approximate surface area is 88.7 Å². The highest BCUT2D eigenvalue weighted by atomic mass is 14.1. The monoisotopic (exact) mass is 190 g/mol. The van der Waals surface area contributed by atoms with E-state index in [1.807, 2.05) is 13.8 Å². The van der Waals surface area contributed by atoms with Crippen LogP contribution in [0.5, 0.6) is 0 Å². The van der Waals surface area contributed by atoms with Crippen LogP contribution in [0.25, 0.3) is 0 Å². The van der Waals surface area contributed by atoms with E-state index in [1.54, 1.807) is 0 Å². The largest absolute Gasteiger partial charge is 0.0955 e. The minimum atomic E-state index is 0.509. The van der Waals surface area contributed by atoms with Gasteiger partial charge in [0.2, 0.25) is 0 Å². The lowest BCUT2D eigenvalue weighted by atomic mass is 9.95. The van der Waals surface area contributed by atoms with Crippen molar-refractivity contribution in [1.29, 1.82) is 0 Å². The van der Waals surface area contributed by atoms with Crippen molar-refractivity contribution in [2.75, 3.05) is 0 Å². The third kappa shape index (κ3) is 3.78. The van der Waals surface area contributed by atoms with Crippen LogP contribution in [0.1, 0.15) is 34.6 Å². The summed E-state index contributed by atoms with van der Waals surface area (Å²) >= 11 is 0. The molecule has 0 bridgehead atoms. The Balaban J connectivity index is 4.84. The van der Waals surface area contributed by atoms with Crippen LogP contribution in [-0.4, -0.2) is 0 Å². The molecule has 0 rings (SSSR count). The predicted octanol–water partition coefficient (Wildman–Crippen LogP) is 4.67. The first-order valence-electron chi connectivity index (χ1n) is 5.09. The Hall–Kier alpha value is -1.04. The molecule has 0 radical (unpaired) electrons. The molecule has 0 aromatic carbocycles. The van der Waals surface area contributed by atoms with Crippen LogP contribution in [0.3, 0.4) is 0 Å². The molecular formula is C14H22. The van der Waals surface area contributed by atoms with Crippen molar-refractivity contribution in [1.82, 2.24) is 0 Å². The first-order valence-corrected chi connectivity index (χ1v) is 5.09. The van der Waals surface area contributed by atoms with E-state index in [1.165, 1.54) is 16.7 Å². The van der Waals surface area contributed by atoms with Crippen LogP contribution in [0.4, 0.5) is 0 Å². The lowest BCUT2D eigenvalue weighted by Crippen LogP contribution is -1.94. The minimum Gasteiger partial charge on any atom is -0.0955 e. The maximum absolute atomic E-state index is 4.08. The standard InChI is InChI=1S/C14H22/c1-8-14(11(4)5)9-12(6)13(7)10(2)3/h8-10H,4,7H2,1-3,5-6H3/b12-9+,14-8-. The third-order valence-electron chi connectivity index (χ3n) is 2.38. The molecule has 0 aliphatic heterocycles. The molecule has 0 heteroatoms. The maximum Gasteiger partial charge on any atom is -0.0222 e. The third-order valence-corrected chi connectivity index (χ3v) is 2.38. The Kier molecular flexibility index (Phi) is 5.22. The summed E-state index contributed by atoms with van der Waals surface area (Å²) in [5, 5.41) is 0. The van der Waals surface area contributed by atoms with Gasteiger partial charge in [0, 0.05) is 0 Å². The van der Waals surface area contributed by atoms with Crippen molar-refractivity contribution in [2.45, 2.75) is 34.6 Å². The van der Waals surface area contributed by atoms with Crippen LogP contribution < -0.4 is 0 Å². The van der Waals surface area contributed by atoms with Crippen molar-refractivity contribution in [3.05, 3.63) is 47.6 Å². The molecule has 0 atom stereocenters. The molecule has 0 aromatic heterocycles. The van der Waals surface area contributed by atoms with Crippen molar-refractivity contribution >= 4 is 0 Å². The van der Waals surface area contributed by atoms with E-state index < -0.39 is 0 Å². The van der Waals surface area contributed by atoms with Gasteiger partial charge in [-0.05, 0) is 43.4 Å². The maximum atomic E-state index is 4.08. The summed E-state index contributed by atoms with van der Waals surface area (Å²) in [4.78, 5) is 0. The fraction of sp³-hybridized carbons (Fsp3) is 0.429. The predicted molar refractivity (Wildman–Crippen MR) is 66.3 cm³/mol. The molecule has 0 N–H and O–H groups in total. The molecule has 14 heavy (non-hydrogen) atoms. The highest BCUT2D eigenvalue weighted by molar-refractivity contribution is 5.43. The summed E-state index contributed by atoms with van der Waals surface area (Å²) in [5.41, 5.74) is 4.74. The average Bonchev–Trinajstić information content (AvgIpc) is 2.11. The van der Waals surface area contributed by atoms with Gasteiger partial charge in [-0.1, -0.05) is 44.7 Å². The Morgan fingerprint density at radius 3 is 1.93 bits per heavy atom. The fourth-order valence-corrected chi connectivity index (χ4v) is 1.23. The first kappa shape index (κ1) is 13.0. The molecule has 78 valence electrons. The van der Waals surface area contributed by atoms with Crippen LogP contribution in [0.15, 0.2) is 47.6 Å². The summed E-state index contributed by atoms with van der Waals surface area (Å²) in [5.74, 6) is 0.509. The molecule has 0 fully saturated rings. The van der Waals surface area contributed by atoms with Crippen LogP contribution in [-0.2, 0) is 0 Å². The van der Waals surface area contributed by atoms with Gasteiger partial charge >= 0.3 is 0 Å². The molecule has 0 heterocycles. The number of hydrogen-bond donors (Lipinski definition) is 0. The van der Waals surface area contributed by atoms with E-state index >= 15 is 0 Å². The summed E-state index contributed by atoms with van der Waals surface area (Å²) in [7, 11) is 0.